The molecule has 3 heterocycles. The maximum Gasteiger partial charge on any atom is 0.214 e. The van der Waals surface area contributed by atoms with Crippen LogP contribution >= 0.6 is 11.5 Å². The molecule has 2 aromatic heterocycles. The van der Waals surface area contributed by atoms with Crippen molar-refractivity contribution in [2.24, 2.45) is 11.8 Å². The summed E-state index contributed by atoms with van der Waals surface area (Å²) in [6, 6.07) is 8.44. The number of hydrogen-bond acceptors (Lipinski definition) is 7. The van der Waals surface area contributed by atoms with E-state index in [-0.39, 0.29) is 24.1 Å². The van der Waals surface area contributed by atoms with E-state index >= 15 is 0 Å². The molecule has 0 radical (unpaired) electrons. The highest BCUT2D eigenvalue weighted by Crippen LogP contribution is 2.64. The molecule has 4 aliphatic rings. The Morgan fingerprint density at radius 2 is 1.68 bits per heavy atom. The van der Waals surface area contributed by atoms with Crippen molar-refractivity contribution in [2.75, 3.05) is 37.6 Å². The molecule has 3 aromatic rings. The fraction of sp³-hybridized carbons (Fsp3) is 0.607. The van der Waals surface area contributed by atoms with E-state index in [9.17, 15) is 19.7 Å². The second-order valence-electron chi connectivity index (χ2n) is 11.7. The second-order valence-corrected chi connectivity index (χ2v) is 12.5. The summed E-state index contributed by atoms with van der Waals surface area (Å²) in [6.45, 7) is 5.50. The summed E-state index contributed by atoms with van der Waals surface area (Å²) in [5.41, 5.74) is 1.11. The molecule has 7 rings (SSSR count). The van der Waals surface area contributed by atoms with Crippen LogP contribution in [0.4, 0.5) is 10.2 Å². The van der Waals surface area contributed by atoms with Crippen molar-refractivity contribution in [3.63, 3.8) is 0 Å². The van der Waals surface area contributed by atoms with Crippen LogP contribution in [-0.4, -0.2) is 67.7 Å². The van der Waals surface area contributed by atoms with Crippen LogP contribution in [0.3, 0.4) is 0 Å². The third-order valence-electron chi connectivity index (χ3n) is 9.63. The summed E-state index contributed by atoms with van der Waals surface area (Å²) >= 11 is 1.57. The van der Waals surface area contributed by atoms with E-state index in [4.69, 9.17) is 4.37 Å². The van der Waals surface area contributed by atoms with Gasteiger partial charge in [0.1, 0.15) is 5.82 Å². The monoisotopic (exact) mass is 526 g/mol. The highest BCUT2D eigenvalue weighted by Gasteiger charge is 2.57. The lowest BCUT2D eigenvalue weighted by atomic mass is 9.78. The number of fused-ring (bicyclic) bond motifs is 6. The third kappa shape index (κ3) is 3.84. The fourth-order valence-corrected chi connectivity index (χ4v) is 8.52. The molecule has 37 heavy (non-hydrogen) atoms. The summed E-state index contributed by atoms with van der Waals surface area (Å²) in [4.78, 5) is 4.97. The van der Waals surface area contributed by atoms with Crippen molar-refractivity contribution in [3.05, 3.63) is 35.4 Å². The van der Waals surface area contributed by atoms with Gasteiger partial charge in [0.05, 0.1) is 4.70 Å². The van der Waals surface area contributed by atoms with Crippen molar-refractivity contribution >= 4 is 27.4 Å². The number of aliphatic hydroxyl groups is 1. The first-order chi connectivity index (χ1) is 17.9. The minimum atomic E-state index is -2.28. The standard InChI is InChI=1S/C28H35FN4O3S/c29-28(36)14-19-13-21(28)24-23(19)26(34)33(27(24)35)16-18-6-2-1-5-17(18)15-31-9-11-32(12-10-31)25-20-7-3-4-8-22(20)37-30-25/h3-4,7-8,17-19,21,34-36H,1-2,5-6,9-16H2/t17-,18?,19+,21+,28+/m0/s1. The second kappa shape index (κ2) is 8.85. The summed E-state index contributed by atoms with van der Waals surface area (Å²) < 4.78 is 22.2. The average molecular weight is 527 g/mol. The van der Waals surface area contributed by atoms with Crippen LogP contribution < -0.4 is 4.90 Å². The molecular weight excluding hydrogens is 491 g/mol. The Morgan fingerprint density at radius 1 is 0.973 bits per heavy atom. The normalized spacial score (nSPS) is 31.9. The highest BCUT2D eigenvalue weighted by atomic mass is 32.1. The van der Waals surface area contributed by atoms with Gasteiger partial charge >= 0.3 is 0 Å². The Labute approximate surface area is 220 Å². The molecule has 198 valence electrons. The number of anilines is 1. The Bertz CT molecular complexity index is 1310. The van der Waals surface area contributed by atoms with E-state index in [1.165, 1.54) is 16.5 Å². The zero-order valence-electron chi connectivity index (χ0n) is 21.0. The van der Waals surface area contributed by atoms with E-state index in [1.807, 2.05) is 0 Å². The number of halogens is 1. The van der Waals surface area contributed by atoms with E-state index < -0.39 is 11.8 Å². The molecule has 1 saturated heterocycles. The molecule has 0 spiro atoms. The van der Waals surface area contributed by atoms with Crippen molar-refractivity contribution < 1.29 is 19.7 Å². The zero-order valence-corrected chi connectivity index (χ0v) is 21.8. The van der Waals surface area contributed by atoms with Gasteiger partial charge < -0.3 is 20.2 Å². The van der Waals surface area contributed by atoms with E-state index in [1.54, 1.807) is 16.1 Å². The Morgan fingerprint density at radius 3 is 2.46 bits per heavy atom. The van der Waals surface area contributed by atoms with Crippen molar-refractivity contribution in [1.82, 2.24) is 13.8 Å². The maximum atomic E-state index is 14.6. The number of rotatable bonds is 5. The first kappa shape index (κ1) is 23.7. The van der Waals surface area contributed by atoms with E-state index in [0.29, 0.717) is 35.9 Å². The number of aromatic hydroxyl groups is 2. The van der Waals surface area contributed by atoms with Gasteiger partial charge in [-0.25, -0.2) is 4.39 Å². The number of aromatic nitrogens is 2. The molecular formula is C28H35FN4O3S. The van der Waals surface area contributed by atoms with Crippen LogP contribution in [0.2, 0.25) is 0 Å². The fourth-order valence-electron chi connectivity index (χ4n) is 7.72. The molecule has 3 N–H and O–H groups in total. The first-order valence-corrected chi connectivity index (χ1v) is 14.5. The average Bonchev–Trinajstić information content (AvgIpc) is 3.62. The van der Waals surface area contributed by atoms with Gasteiger partial charge in [0.25, 0.3) is 0 Å². The van der Waals surface area contributed by atoms with Gasteiger partial charge in [-0.05, 0) is 60.7 Å². The van der Waals surface area contributed by atoms with Gasteiger partial charge in [0.15, 0.2) is 11.8 Å². The zero-order chi connectivity index (χ0) is 25.3. The van der Waals surface area contributed by atoms with Crippen LogP contribution in [0, 0.1) is 11.8 Å². The molecule has 1 aromatic carbocycles. The quantitative estimate of drug-likeness (QED) is 0.444. The largest absolute Gasteiger partial charge is 0.494 e. The topological polar surface area (TPSA) is 85.0 Å². The third-order valence-corrected chi connectivity index (χ3v) is 10.5. The number of alkyl halides is 1. The van der Waals surface area contributed by atoms with Gasteiger partial charge in [-0.3, -0.25) is 9.47 Å². The van der Waals surface area contributed by atoms with Crippen LogP contribution in [-0.2, 0) is 6.54 Å². The lowest BCUT2D eigenvalue weighted by Crippen LogP contribution is -2.49. The van der Waals surface area contributed by atoms with Gasteiger partial charge in [-0.1, -0.05) is 25.0 Å². The molecule has 1 unspecified atom stereocenters. The molecule has 3 fully saturated rings. The molecule has 7 nitrogen and oxygen atoms in total. The Kier molecular flexibility index (Phi) is 5.68. The molecule has 3 aliphatic carbocycles. The van der Waals surface area contributed by atoms with E-state index in [0.717, 1.165) is 57.8 Å². The predicted octanol–water partition coefficient (Wildman–Crippen LogP) is 4.77. The number of benzene rings is 1. The first-order valence-electron chi connectivity index (χ1n) is 13.8. The SMILES string of the molecule is Oc1c2c(c(O)n1CC1CCCC[C@H]1CN1CCN(c3nsc4ccccc34)CC1)[C@H]1C[C@@H]2C[C@]1(O)F. The minimum absolute atomic E-state index is 0.0103. The van der Waals surface area contributed by atoms with Crippen LogP contribution in [0.1, 0.15) is 61.5 Å². The van der Waals surface area contributed by atoms with E-state index in [2.05, 4.69) is 34.1 Å². The Balaban J connectivity index is 1.03. The van der Waals surface area contributed by atoms with Crippen molar-refractivity contribution in [3.8, 4) is 11.8 Å². The van der Waals surface area contributed by atoms with Gasteiger partial charge in [-0.15, -0.1) is 0 Å². The molecule has 2 saturated carbocycles. The summed E-state index contributed by atoms with van der Waals surface area (Å²) in [5.74, 6) is -1.23. The number of nitrogens with zero attached hydrogens (tertiary/aromatic N) is 4. The predicted molar refractivity (Wildman–Crippen MR) is 142 cm³/mol. The summed E-state index contributed by atoms with van der Waals surface area (Å²) in [6.07, 6.45) is 5.07. The number of hydrogen-bond donors (Lipinski definition) is 3. The maximum absolute atomic E-state index is 14.6. The molecule has 1 aliphatic heterocycles. The lowest BCUT2D eigenvalue weighted by molar-refractivity contribution is -0.0991. The molecule has 0 amide bonds. The number of piperazine rings is 1. The molecule has 9 heteroatoms. The van der Waals surface area contributed by atoms with Gasteiger partial charge in [-0.2, -0.15) is 4.37 Å². The van der Waals surface area contributed by atoms with Gasteiger partial charge in [0.2, 0.25) is 5.85 Å². The van der Waals surface area contributed by atoms with Crippen LogP contribution in [0.5, 0.6) is 11.8 Å². The van der Waals surface area contributed by atoms with Crippen molar-refractivity contribution in [1.29, 1.82) is 0 Å². The molecule has 5 atom stereocenters. The smallest absolute Gasteiger partial charge is 0.214 e. The highest BCUT2D eigenvalue weighted by molar-refractivity contribution is 7.13. The lowest BCUT2D eigenvalue weighted by Gasteiger charge is -2.40. The molecule has 2 bridgehead atoms. The summed E-state index contributed by atoms with van der Waals surface area (Å²) in [5, 5.41) is 33.4. The van der Waals surface area contributed by atoms with Crippen LogP contribution in [0.15, 0.2) is 24.3 Å². The van der Waals surface area contributed by atoms with Crippen LogP contribution in [0.25, 0.3) is 10.1 Å². The minimum Gasteiger partial charge on any atom is -0.494 e. The Hall–Kier alpha value is -2.36. The van der Waals surface area contributed by atoms with Crippen molar-refractivity contribution in [2.45, 2.75) is 62.8 Å². The van der Waals surface area contributed by atoms with Gasteiger partial charge in [0, 0.05) is 68.1 Å². The summed E-state index contributed by atoms with van der Waals surface area (Å²) in [7, 11) is 0.